The molecule has 20 heavy (non-hydrogen) atoms. The fourth-order valence-electron chi connectivity index (χ4n) is 1.77. The molecule has 0 bridgehead atoms. The molecular weight excluding hydrogens is 274 g/mol. The van der Waals surface area contributed by atoms with Crippen LogP contribution < -0.4 is 10.1 Å². The minimum absolute atomic E-state index is 0.380. The maximum atomic E-state index is 6.09. The standard InChI is InChI=1S/C16H20ClNO2/c1-11(2)18-9-13-5-6-14(20-13)10-19-16-8-12(3)4-7-15(16)17/h4-8,11,18H,9-10H2,1-3H3. The molecular formula is C16H20ClNO2. The van der Waals surface area contributed by atoms with E-state index in [1.54, 1.807) is 0 Å². The minimum Gasteiger partial charge on any atom is -0.484 e. The van der Waals surface area contributed by atoms with E-state index < -0.39 is 0 Å². The second-order valence-electron chi connectivity index (χ2n) is 5.13. The van der Waals surface area contributed by atoms with Crippen LogP contribution in [-0.4, -0.2) is 6.04 Å². The Bertz CT molecular complexity index is 563. The molecule has 0 amide bonds. The van der Waals surface area contributed by atoms with Gasteiger partial charge in [-0.25, -0.2) is 0 Å². The van der Waals surface area contributed by atoms with Gasteiger partial charge in [0.05, 0.1) is 11.6 Å². The van der Waals surface area contributed by atoms with Gasteiger partial charge < -0.3 is 14.5 Å². The van der Waals surface area contributed by atoms with Crippen LogP contribution in [0.1, 0.15) is 30.9 Å². The van der Waals surface area contributed by atoms with Gasteiger partial charge in [-0.15, -0.1) is 0 Å². The molecule has 108 valence electrons. The number of hydrogen-bond acceptors (Lipinski definition) is 3. The Balaban J connectivity index is 1.92. The van der Waals surface area contributed by atoms with Crippen LogP contribution in [0, 0.1) is 6.92 Å². The average molecular weight is 294 g/mol. The Labute approximate surface area is 124 Å². The Morgan fingerprint density at radius 3 is 2.70 bits per heavy atom. The van der Waals surface area contributed by atoms with E-state index in [0.29, 0.717) is 23.4 Å². The summed E-state index contributed by atoms with van der Waals surface area (Å²) in [7, 11) is 0. The van der Waals surface area contributed by atoms with Gasteiger partial charge in [-0.05, 0) is 36.8 Å². The van der Waals surface area contributed by atoms with Crippen molar-refractivity contribution in [2.45, 2.75) is 40.0 Å². The molecule has 0 spiro atoms. The van der Waals surface area contributed by atoms with E-state index in [1.165, 1.54) is 0 Å². The molecule has 0 unspecified atom stereocenters. The molecule has 0 aliphatic carbocycles. The molecule has 0 saturated carbocycles. The van der Waals surface area contributed by atoms with Crippen molar-refractivity contribution in [1.29, 1.82) is 0 Å². The Hall–Kier alpha value is -1.45. The molecule has 1 N–H and O–H groups in total. The molecule has 0 saturated heterocycles. The summed E-state index contributed by atoms with van der Waals surface area (Å²) >= 11 is 6.09. The summed E-state index contributed by atoms with van der Waals surface area (Å²) in [5.41, 5.74) is 1.12. The third kappa shape index (κ3) is 4.29. The summed E-state index contributed by atoms with van der Waals surface area (Å²) in [6.07, 6.45) is 0. The van der Waals surface area contributed by atoms with Crippen LogP contribution in [0.2, 0.25) is 5.02 Å². The lowest BCUT2D eigenvalue weighted by Gasteiger charge is -2.07. The molecule has 1 aromatic heterocycles. The predicted molar refractivity (Wildman–Crippen MR) is 81.2 cm³/mol. The van der Waals surface area contributed by atoms with Crippen molar-refractivity contribution < 1.29 is 9.15 Å². The Kier molecular flexibility index (Phi) is 5.10. The molecule has 0 aliphatic heterocycles. The van der Waals surface area contributed by atoms with Gasteiger partial charge in [0.25, 0.3) is 0 Å². The summed E-state index contributed by atoms with van der Waals surface area (Å²) in [5.74, 6) is 2.39. The highest BCUT2D eigenvalue weighted by atomic mass is 35.5. The first kappa shape index (κ1) is 14.9. The van der Waals surface area contributed by atoms with Gasteiger partial charge in [-0.2, -0.15) is 0 Å². The number of halogens is 1. The second kappa shape index (κ2) is 6.82. The van der Waals surface area contributed by atoms with Crippen molar-refractivity contribution in [2.75, 3.05) is 0 Å². The molecule has 0 radical (unpaired) electrons. The zero-order valence-electron chi connectivity index (χ0n) is 12.1. The largest absolute Gasteiger partial charge is 0.484 e. The highest BCUT2D eigenvalue weighted by Gasteiger charge is 2.06. The van der Waals surface area contributed by atoms with Gasteiger partial charge in [0.2, 0.25) is 0 Å². The Morgan fingerprint density at radius 1 is 1.20 bits per heavy atom. The van der Waals surface area contributed by atoms with Gasteiger partial charge in [0.15, 0.2) is 0 Å². The van der Waals surface area contributed by atoms with Crippen LogP contribution in [-0.2, 0) is 13.2 Å². The first-order chi connectivity index (χ1) is 9.54. The van der Waals surface area contributed by atoms with Crippen molar-refractivity contribution >= 4 is 11.6 Å². The number of aryl methyl sites for hydroxylation is 1. The molecule has 0 aliphatic rings. The van der Waals surface area contributed by atoms with Crippen LogP contribution in [0.5, 0.6) is 5.75 Å². The van der Waals surface area contributed by atoms with Gasteiger partial charge in [-0.3, -0.25) is 0 Å². The van der Waals surface area contributed by atoms with E-state index in [9.17, 15) is 0 Å². The SMILES string of the molecule is Cc1ccc(Cl)c(OCc2ccc(CNC(C)C)o2)c1. The van der Waals surface area contributed by atoms with Gasteiger partial charge in [0, 0.05) is 6.04 Å². The number of furan rings is 1. The highest BCUT2D eigenvalue weighted by Crippen LogP contribution is 2.26. The summed E-state index contributed by atoms with van der Waals surface area (Å²) in [5, 5.41) is 3.92. The van der Waals surface area contributed by atoms with E-state index in [2.05, 4.69) is 19.2 Å². The first-order valence-electron chi connectivity index (χ1n) is 6.74. The fraction of sp³-hybridized carbons (Fsp3) is 0.375. The summed E-state index contributed by atoms with van der Waals surface area (Å²) in [6.45, 7) is 7.32. The number of hydrogen-bond donors (Lipinski definition) is 1. The van der Waals surface area contributed by atoms with E-state index in [1.807, 2.05) is 37.3 Å². The molecule has 1 heterocycles. The van der Waals surface area contributed by atoms with E-state index in [-0.39, 0.29) is 0 Å². The van der Waals surface area contributed by atoms with Crippen LogP contribution in [0.25, 0.3) is 0 Å². The van der Waals surface area contributed by atoms with Crippen LogP contribution in [0.4, 0.5) is 0 Å². The van der Waals surface area contributed by atoms with Crippen LogP contribution >= 0.6 is 11.6 Å². The monoisotopic (exact) mass is 293 g/mol. The van der Waals surface area contributed by atoms with Crippen molar-refractivity contribution in [1.82, 2.24) is 5.32 Å². The summed E-state index contributed by atoms with van der Waals surface area (Å²) < 4.78 is 11.4. The molecule has 0 fully saturated rings. The number of benzene rings is 1. The summed E-state index contributed by atoms with van der Waals surface area (Å²) in [4.78, 5) is 0. The lowest BCUT2D eigenvalue weighted by atomic mass is 10.2. The quantitative estimate of drug-likeness (QED) is 0.861. The number of ether oxygens (including phenoxy) is 1. The van der Waals surface area contributed by atoms with Crippen molar-refractivity contribution in [3.8, 4) is 5.75 Å². The van der Waals surface area contributed by atoms with E-state index in [0.717, 1.165) is 23.6 Å². The molecule has 3 nitrogen and oxygen atoms in total. The van der Waals surface area contributed by atoms with E-state index in [4.69, 9.17) is 20.8 Å². The van der Waals surface area contributed by atoms with Crippen LogP contribution in [0.15, 0.2) is 34.7 Å². The smallest absolute Gasteiger partial charge is 0.146 e. The van der Waals surface area contributed by atoms with Crippen molar-refractivity contribution in [2.24, 2.45) is 0 Å². The van der Waals surface area contributed by atoms with Gasteiger partial charge >= 0.3 is 0 Å². The first-order valence-corrected chi connectivity index (χ1v) is 7.12. The molecule has 0 atom stereocenters. The van der Waals surface area contributed by atoms with Crippen LogP contribution in [0.3, 0.4) is 0 Å². The highest BCUT2D eigenvalue weighted by molar-refractivity contribution is 6.32. The minimum atomic E-state index is 0.380. The zero-order chi connectivity index (χ0) is 14.5. The normalized spacial score (nSPS) is 11.1. The number of rotatable bonds is 6. The van der Waals surface area contributed by atoms with Gasteiger partial charge in [0.1, 0.15) is 23.9 Å². The second-order valence-corrected chi connectivity index (χ2v) is 5.53. The summed E-state index contributed by atoms with van der Waals surface area (Å²) in [6, 6.07) is 10.1. The molecule has 2 aromatic rings. The third-order valence-electron chi connectivity index (χ3n) is 2.86. The zero-order valence-corrected chi connectivity index (χ0v) is 12.8. The van der Waals surface area contributed by atoms with E-state index >= 15 is 0 Å². The average Bonchev–Trinajstić information content (AvgIpc) is 2.85. The van der Waals surface area contributed by atoms with Gasteiger partial charge in [-0.1, -0.05) is 31.5 Å². The molecule has 4 heteroatoms. The Morgan fingerprint density at radius 2 is 1.95 bits per heavy atom. The predicted octanol–water partition coefficient (Wildman–Crippen LogP) is 4.32. The lowest BCUT2D eigenvalue weighted by molar-refractivity contribution is 0.264. The van der Waals surface area contributed by atoms with Crippen molar-refractivity contribution in [3.05, 3.63) is 52.4 Å². The third-order valence-corrected chi connectivity index (χ3v) is 3.17. The molecule has 1 aromatic carbocycles. The maximum Gasteiger partial charge on any atom is 0.146 e. The number of nitrogens with one attached hydrogen (secondary N) is 1. The molecule has 2 rings (SSSR count). The topological polar surface area (TPSA) is 34.4 Å². The maximum absolute atomic E-state index is 6.09. The van der Waals surface area contributed by atoms with Crippen molar-refractivity contribution in [3.63, 3.8) is 0 Å². The fourth-order valence-corrected chi connectivity index (χ4v) is 1.94. The lowest BCUT2D eigenvalue weighted by Crippen LogP contribution is -2.21.